The molecule has 0 saturated carbocycles. The second kappa shape index (κ2) is 8.93. The van der Waals surface area contributed by atoms with Crippen LogP contribution >= 0.6 is 23.4 Å². The molecule has 3 aliphatic rings. The summed E-state index contributed by atoms with van der Waals surface area (Å²) < 4.78 is 5.29. The molecule has 8 nitrogen and oxygen atoms in total. The molecule has 3 unspecified atom stereocenters. The molecular weight excluding hydrogens is 448 g/mol. The summed E-state index contributed by atoms with van der Waals surface area (Å²) in [6.45, 7) is 0. The zero-order valence-corrected chi connectivity index (χ0v) is 18.9. The van der Waals surface area contributed by atoms with Crippen LogP contribution in [0.3, 0.4) is 0 Å². The van der Waals surface area contributed by atoms with Crippen molar-refractivity contribution < 1.29 is 9.53 Å². The Morgan fingerprint density at radius 1 is 1.28 bits per heavy atom. The fourth-order valence-electron chi connectivity index (χ4n) is 4.15. The zero-order chi connectivity index (χ0) is 22.1. The molecule has 3 atom stereocenters. The number of nitrogens with one attached hydrogen (secondary N) is 3. The molecular formula is C22H23ClN6O2S. The van der Waals surface area contributed by atoms with Crippen LogP contribution in [0.4, 0.5) is 5.69 Å². The van der Waals surface area contributed by atoms with Gasteiger partial charge in [-0.05, 0) is 30.2 Å². The average molecular weight is 471 g/mol. The number of amidine groups is 1. The predicted molar refractivity (Wildman–Crippen MR) is 127 cm³/mol. The normalized spacial score (nSPS) is 23.3. The molecule has 32 heavy (non-hydrogen) atoms. The first kappa shape index (κ1) is 21.0. The van der Waals surface area contributed by atoms with Crippen molar-refractivity contribution in [3.8, 4) is 5.75 Å². The lowest BCUT2D eigenvalue weighted by molar-refractivity contribution is -0.113. The minimum Gasteiger partial charge on any atom is -0.495 e. The number of rotatable bonds is 5. The van der Waals surface area contributed by atoms with E-state index in [4.69, 9.17) is 16.3 Å². The molecule has 1 saturated heterocycles. The highest BCUT2D eigenvalue weighted by Gasteiger charge is 2.44. The number of fused-ring (bicyclic) bond motifs is 3. The van der Waals surface area contributed by atoms with E-state index in [9.17, 15) is 4.79 Å². The number of hydrazine groups is 1. The molecule has 166 valence electrons. The topological polar surface area (TPSA) is 81.2 Å². The third-order valence-electron chi connectivity index (χ3n) is 5.67. The molecule has 0 aromatic heterocycles. The summed E-state index contributed by atoms with van der Waals surface area (Å²) >= 11 is 7.43. The first-order valence-electron chi connectivity index (χ1n) is 10.3. The quantitative estimate of drug-likeness (QED) is 0.618. The highest BCUT2D eigenvalue weighted by Crippen LogP contribution is 2.35. The number of nitrogens with zero attached hydrogens (tertiary/aromatic N) is 3. The van der Waals surface area contributed by atoms with Crippen LogP contribution in [-0.2, 0) is 4.79 Å². The summed E-state index contributed by atoms with van der Waals surface area (Å²) in [5, 5.41) is 10.8. The number of halogens is 1. The molecule has 0 aliphatic carbocycles. The van der Waals surface area contributed by atoms with Gasteiger partial charge in [-0.15, -0.1) is 0 Å². The maximum absolute atomic E-state index is 12.5. The zero-order valence-electron chi connectivity index (χ0n) is 17.4. The Labute approximate surface area is 195 Å². The fourth-order valence-corrected chi connectivity index (χ4v) is 5.09. The van der Waals surface area contributed by atoms with Crippen LogP contribution in [0.15, 0.2) is 66.0 Å². The smallest absolute Gasteiger partial charge is 0.234 e. The molecule has 5 rings (SSSR count). The molecule has 3 heterocycles. The molecule has 3 aliphatic heterocycles. The number of hydrogen-bond donors (Lipinski definition) is 3. The Kier molecular flexibility index (Phi) is 5.86. The number of hydrazone groups is 1. The van der Waals surface area contributed by atoms with Crippen molar-refractivity contribution >= 4 is 40.1 Å². The average Bonchev–Trinajstić information content (AvgIpc) is 3.42. The van der Waals surface area contributed by atoms with Gasteiger partial charge in [0.05, 0.1) is 30.6 Å². The van der Waals surface area contributed by atoms with Gasteiger partial charge in [0.25, 0.3) is 0 Å². The lowest BCUT2D eigenvalue weighted by atomic mass is 10.00. The molecule has 2 aromatic carbocycles. The SMILES string of the molecule is COc1ccc(Cl)cc1NC(=O)CSC1=NNC2C3CC(c4ccccc4)NN3C=CN12. The first-order chi connectivity index (χ1) is 15.6. The van der Waals surface area contributed by atoms with Gasteiger partial charge in [-0.3, -0.25) is 10.2 Å². The van der Waals surface area contributed by atoms with Crippen molar-refractivity contribution in [3.05, 3.63) is 71.5 Å². The number of thioether (sulfide) groups is 1. The van der Waals surface area contributed by atoms with Crippen molar-refractivity contribution in [1.29, 1.82) is 0 Å². The minimum absolute atomic E-state index is 0.0137. The molecule has 3 N–H and O–H groups in total. The van der Waals surface area contributed by atoms with Crippen LogP contribution in [-0.4, -0.2) is 46.1 Å². The largest absolute Gasteiger partial charge is 0.495 e. The van der Waals surface area contributed by atoms with E-state index in [2.05, 4.69) is 55.4 Å². The van der Waals surface area contributed by atoms with Gasteiger partial charge < -0.3 is 20.0 Å². The van der Waals surface area contributed by atoms with Gasteiger partial charge in [-0.25, -0.2) is 5.43 Å². The van der Waals surface area contributed by atoms with Crippen molar-refractivity contribution in [1.82, 2.24) is 20.8 Å². The van der Waals surface area contributed by atoms with E-state index in [1.54, 1.807) is 25.3 Å². The van der Waals surface area contributed by atoms with E-state index in [-0.39, 0.29) is 29.9 Å². The van der Waals surface area contributed by atoms with Gasteiger partial charge in [0.1, 0.15) is 11.9 Å². The Morgan fingerprint density at radius 3 is 2.94 bits per heavy atom. The summed E-state index contributed by atoms with van der Waals surface area (Å²) in [6.07, 6.45) is 4.99. The molecule has 1 amide bonds. The van der Waals surface area contributed by atoms with E-state index >= 15 is 0 Å². The maximum Gasteiger partial charge on any atom is 0.234 e. The van der Waals surface area contributed by atoms with Crippen molar-refractivity contribution in [2.24, 2.45) is 5.10 Å². The van der Waals surface area contributed by atoms with Crippen LogP contribution in [0, 0.1) is 0 Å². The van der Waals surface area contributed by atoms with Crippen LogP contribution in [0.25, 0.3) is 0 Å². The Morgan fingerprint density at radius 2 is 2.12 bits per heavy atom. The highest BCUT2D eigenvalue weighted by atomic mass is 35.5. The number of methoxy groups -OCH3 is 1. The lowest BCUT2D eigenvalue weighted by Gasteiger charge is -2.36. The molecule has 1 fully saturated rings. The van der Waals surface area contributed by atoms with E-state index in [1.165, 1.54) is 17.3 Å². The maximum atomic E-state index is 12.5. The second-order valence-corrected chi connectivity index (χ2v) is 9.04. The highest BCUT2D eigenvalue weighted by molar-refractivity contribution is 8.14. The number of carbonyl (C=O) groups excluding carboxylic acids is 1. The minimum atomic E-state index is -0.156. The molecule has 0 radical (unpaired) electrons. The summed E-state index contributed by atoms with van der Waals surface area (Å²) in [6, 6.07) is 16.0. The standard InChI is InChI=1S/C22H23ClN6O2S/c1-31-19-8-7-15(23)11-17(19)24-20(30)13-32-22-26-25-21-18-12-16(14-5-3-2-4-6-14)27-29(18)10-9-28(21)22/h2-11,16,18,21,25,27H,12-13H2,1H3,(H,24,30). The summed E-state index contributed by atoms with van der Waals surface area (Å²) in [5.74, 6) is 0.622. The summed E-state index contributed by atoms with van der Waals surface area (Å²) in [4.78, 5) is 14.6. The number of anilines is 1. The van der Waals surface area contributed by atoms with Crippen LogP contribution in [0.5, 0.6) is 5.75 Å². The van der Waals surface area contributed by atoms with Crippen molar-refractivity contribution in [2.45, 2.75) is 24.7 Å². The third-order valence-corrected chi connectivity index (χ3v) is 6.88. The molecule has 0 bridgehead atoms. The van der Waals surface area contributed by atoms with Gasteiger partial charge in [0.15, 0.2) is 5.17 Å². The lowest BCUT2D eigenvalue weighted by Crippen LogP contribution is -2.54. The van der Waals surface area contributed by atoms with Crippen molar-refractivity contribution in [2.75, 3.05) is 18.2 Å². The Bertz CT molecular complexity index is 1070. The van der Waals surface area contributed by atoms with Crippen molar-refractivity contribution in [3.63, 3.8) is 0 Å². The predicted octanol–water partition coefficient (Wildman–Crippen LogP) is 3.33. The third kappa shape index (κ3) is 4.11. The van der Waals surface area contributed by atoms with E-state index in [1.807, 2.05) is 18.5 Å². The fraction of sp³-hybridized carbons (Fsp3) is 0.273. The number of ether oxygens (including phenoxy) is 1. The second-order valence-electron chi connectivity index (χ2n) is 7.66. The van der Waals surface area contributed by atoms with Gasteiger partial charge >= 0.3 is 0 Å². The van der Waals surface area contributed by atoms with E-state index in [0.717, 1.165) is 11.6 Å². The summed E-state index contributed by atoms with van der Waals surface area (Å²) in [7, 11) is 1.55. The van der Waals surface area contributed by atoms with Gasteiger partial charge in [0.2, 0.25) is 5.91 Å². The van der Waals surface area contributed by atoms with Gasteiger partial charge in [0, 0.05) is 17.4 Å². The van der Waals surface area contributed by atoms with Gasteiger partial charge in [-0.1, -0.05) is 53.7 Å². The first-order valence-corrected chi connectivity index (χ1v) is 11.6. The van der Waals surface area contributed by atoms with E-state index in [0.29, 0.717) is 16.5 Å². The molecule has 10 heteroatoms. The van der Waals surface area contributed by atoms with E-state index < -0.39 is 0 Å². The Balaban J connectivity index is 1.19. The van der Waals surface area contributed by atoms with Crippen LogP contribution < -0.4 is 20.9 Å². The molecule has 2 aromatic rings. The Hall–Kier alpha value is -2.88. The molecule has 0 spiro atoms. The number of amides is 1. The van der Waals surface area contributed by atoms with Crippen LogP contribution in [0.1, 0.15) is 18.0 Å². The monoisotopic (exact) mass is 470 g/mol. The number of carbonyl (C=O) groups is 1. The van der Waals surface area contributed by atoms with Gasteiger partial charge in [-0.2, -0.15) is 5.10 Å². The number of benzene rings is 2. The number of hydrogen-bond acceptors (Lipinski definition) is 8. The summed E-state index contributed by atoms with van der Waals surface area (Å²) in [5.41, 5.74) is 8.62. The van der Waals surface area contributed by atoms with Crippen LogP contribution in [0.2, 0.25) is 5.02 Å².